The minimum absolute atomic E-state index is 0.0192. The zero-order valence-electron chi connectivity index (χ0n) is 24.5. The number of hydrogen-bond acceptors (Lipinski definition) is 13. The molecule has 0 bridgehead atoms. The van der Waals surface area contributed by atoms with Crippen molar-refractivity contribution in [3.05, 3.63) is 58.5 Å². The fourth-order valence-electron chi connectivity index (χ4n) is 4.82. The number of rotatable bonds is 13. The van der Waals surface area contributed by atoms with Crippen LogP contribution in [0.4, 0.5) is 5.13 Å². The van der Waals surface area contributed by atoms with Crippen LogP contribution >= 0.6 is 23.1 Å². The number of carbonyl (C=O) groups is 4. The highest BCUT2D eigenvalue weighted by atomic mass is 32.2. The number of aromatic nitrogens is 2. The summed E-state index contributed by atoms with van der Waals surface area (Å²) in [7, 11) is 0. The van der Waals surface area contributed by atoms with E-state index in [2.05, 4.69) is 20.4 Å². The number of anilines is 1. The number of allylic oxidation sites excluding steroid dienone is 1. The van der Waals surface area contributed by atoms with Crippen LogP contribution in [0.1, 0.15) is 57.7 Å². The van der Waals surface area contributed by atoms with Gasteiger partial charge in [0.15, 0.2) is 10.8 Å². The van der Waals surface area contributed by atoms with Crippen molar-refractivity contribution in [3.63, 3.8) is 0 Å². The fraction of sp³-hybridized carbons (Fsp3) is 0.414. The topological polar surface area (TPSA) is 186 Å². The molecule has 13 nitrogen and oxygen atoms in total. The molecule has 2 aliphatic heterocycles. The number of thioether (sulfide) groups is 1. The van der Waals surface area contributed by atoms with Gasteiger partial charge < -0.3 is 25.7 Å². The lowest BCUT2D eigenvalue weighted by molar-refractivity contribution is -0.187. The minimum Gasteiger partial charge on any atom is -0.425 e. The van der Waals surface area contributed by atoms with Crippen LogP contribution in [0.3, 0.4) is 0 Å². The van der Waals surface area contributed by atoms with Gasteiger partial charge in [0, 0.05) is 30.5 Å². The van der Waals surface area contributed by atoms with E-state index in [1.54, 1.807) is 30.6 Å². The van der Waals surface area contributed by atoms with E-state index >= 15 is 0 Å². The van der Waals surface area contributed by atoms with Gasteiger partial charge in [0.25, 0.3) is 11.8 Å². The molecular weight excluding hydrogens is 608 g/mol. The van der Waals surface area contributed by atoms with Crippen LogP contribution in [0, 0.1) is 5.92 Å². The first-order valence-corrected chi connectivity index (χ1v) is 16.0. The predicted octanol–water partition coefficient (Wildman–Crippen LogP) is 3.31. The van der Waals surface area contributed by atoms with Crippen molar-refractivity contribution in [2.45, 2.75) is 64.2 Å². The molecule has 1 saturated heterocycles. The number of pyridine rings is 1. The van der Waals surface area contributed by atoms with E-state index in [0.29, 0.717) is 24.2 Å². The van der Waals surface area contributed by atoms with Crippen molar-refractivity contribution < 1.29 is 33.9 Å². The van der Waals surface area contributed by atoms with Crippen molar-refractivity contribution in [1.29, 1.82) is 0 Å². The summed E-state index contributed by atoms with van der Waals surface area (Å²) in [6.45, 7) is 5.42. The Balaban J connectivity index is 1.54. The number of nitrogen functional groups attached to an aromatic ring is 1. The van der Waals surface area contributed by atoms with Crippen LogP contribution in [0.15, 0.2) is 52.4 Å². The molecule has 15 heteroatoms. The largest absolute Gasteiger partial charge is 0.425 e. The summed E-state index contributed by atoms with van der Waals surface area (Å²) in [5.74, 6) is -2.69. The predicted molar refractivity (Wildman–Crippen MR) is 165 cm³/mol. The van der Waals surface area contributed by atoms with Gasteiger partial charge >= 0.3 is 11.9 Å². The Bertz CT molecular complexity index is 1470. The van der Waals surface area contributed by atoms with Crippen LogP contribution in [0.2, 0.25) is 0 Å². The van der Waals surface area contributed by atoms with Gasteiger partial charge in [-0.25, -0.2) is 9.78 Å². The number of nitrogens with two attached hydrogens (primary N) is 1. The van der Waals surface area contributed by atoms with Crippen LogP contribution < -0.4 is 11.1 Å². The number of amides is 2. The Labute approximate surface area is 262 Å². The van der Waals surface area contributed by atoms with Gasteiger partial charge in [-0.15, -0.1) is 23.1 Å². The van der Waals surface area contributed by atoms with E-state index < -0.39 is 47.2 Å². The molecule has 0 aliphatic carbocycles. The normalized spacial score (nSPS) is 19.0. The Morgan fingerprint density at radius 2 is 2.00 bits per heavy atom. The smallest absolute Gasteiger partial charge is 0.358 e. The number of hydrogen-bond donors (Lipinski definition) is 3. The van der Waals surface area contributed by atoms with Crippen molar-refractivity contribution in [1.82, 2.24) is 20.2 Å². The van der Waals surface area contributed by atoms with Crippen LogP contribution in [0.5, 0.6) is 0 Å². The second-order valence-corrected chi connectivity index (χ2v) is 12.1. The van der Waals surface area contributed by atoms with Gasteiger partial charge in [-0.05, 0) is 30.0 Å². The Morgan fingerprint density at radius 1 is 1.25 bits per heavy atom. The summed E-state index contributed by atoms with van der Waals surface area (Å²) in [5.41, 5.74) is 6.54. The maximum atomic E-state index is 13.6. The first kappa shape index (κ1) is 32.7. The van der Waals surface area contributed by atoms with E-state index in [9.17, 15) is 24.4 Å². The summed E-state index contributed by atoms with van der Waals surface area (Å²) in [4.78, 5) is 61.9. The summed E-state index contributed by atoms with van der Waals surface area (Å²) < 4.78 is 11.0. The Hall–Kier alpha value is -4.24. The molecule has 2 amide bonds. The van der Waals surface area contributed by atoms with Gasteiger partial charge in [-0.1, -0.05) is 50.1 Å². The number of oxime groups is 1. The number of nitrogens with one attached hydrogen (secondary N) is 1. The highest BCUT2D eigenvalue weighted by Crippen LogP contribution is 2.41. The highest BCUT2D eigenvalue weighted by Gasteiger charge is 2.54. The minimum atomic E-state index is -1.20. The molecule has 1 fully saturated rings. The van der Waals surface area contributed by atoms with Gasteiger partial charge in [0.2, 0.25) is 6.29 Å². The molecule has 2 aromatic rings. The lowest BCUT2D eigenvalue weighted by Crippen LogP contribution is -2.71. The summed E-state index contributed by atoms with van der Waals surface area (Å²) in [6, 6.07) is 2.58. The van der Waals surface area contributed by atoms with Gasteiger partial charge in [0.05, 0.1) is 5.92 Å². The zero-order chi connectivity index (χ0) is 31.8. The first-order chi connectivity index (χ1) is 21.2. The van der Waals surface area contributed by atoms with Crippen LogP contribution in [-0.2, 0) is 28.7 Å². The summed E-state index contributed by atoms with van der Waals surface area (Å²) in [6.07, 6.45) is 8.49. The molecule has 4 heterocycles. The van der Waals surface area contributed by atoms with E-state index in [1.165, 1.54) is 29.0 Å². The second kappa shape index (κ2) is 15.0. The number of β-lactam (4-membered cyclic amide) rings is 1. The summed E-state index contributed by atoms with van der Waals surface area (Å²) in [5, 5.41) is 16.0. The maximum Gasteiger partial charge on any atom is 0.358 e. The van der Waals surface area contributed by atoms with Gasteiger partial charge in [-0.2, -0.15) is 0 Å². The molecule has 4 rings (SSSR count). The van der Waals surface area contributed by atoms with Gasteiger partial charge in [0.1, 0.15) is 22.8 Å². The molecule has 44 heavy (non-hydrogen) atoms. The fourth-order valence-corrected chi connectivity index (χ4v) is 6.68. The molecule has 4 N–H and O–H groups in total. The van der Waals surface area contributed by atoms with Crippen molar-refractivity contribution in [3.8, 4) is 0 Å². The molecule has 2 aromatic heterocycles. The maximum absolute atomic E-state index is 13.6. The molecule has 0 saturated carbocycles. The number of ether oxygens (including phenoxy) is 2. The third kappa shape index (κ3) is 7.45. The molecule has 0 aromatic carbocycles. The van der Waals surface area contributed by atoms with E-state index in [4.69, 9.17) is 15.2 Å². The van der Waals surface area contributed by atoms with E-state index in [-0.39, 0.29) is 22.4 Å². The van der Waals surface area contributed by atoms with Crippen molar-refractivity contribution in [2.24, 2.45) is 11.1 Å². The Kier molecular flexibility index (Phi) is 11.1. The van der Waals surface area contributed by atoms with Gasteiger partial charge in [-0.3, -0.25) is 24.3 Å². The van der Waals surface area contributed by atoms with Crippen molar-refractivity contribution >= 4 is 63.8 Å². The monoisotopic (exact) mass is 642 g/mol. The molecule has 0 spiro atoms. The SMILES string of the molecule is CCCC(CCC)C(=O)OC(C)OC(=O)C1=C(/C=C\c2cccnc2)CS[C@H]2[C@H](NC(=O)C(=NO)c3csc(N)n3)C(=O)N12. The molecular formula is C29H34N6O7S2. The van der Waals surface area contributed by atoms with Crippen LogP contribution in [0.25, 0.3) is 6.08 Å². The second-order valence-electron chi connectivity index (χ2n) is 10.1. The third-order valence-corrected chi connectivity index (χ3v) is 8.86. The lowest BCUT2D eigenvalue weighted by Gasteiger charge is -2.49. The number of esters is 2. The number of carbonyl (C=O) groups excluding carboxylic acids is 4. The molecule has 0 radical (unpaired) electrons. The lowest BCUT2D eigenvalue weighted by atomic mass is 9.99. The van der Waals surface area contributed by atoms with E-state index in [1.807, 2.05) is 19.9 Å². The third-order valence-electron chi connectivity index (χ3n) is 6.88. The zero-order valence-corrected chi connectivity index (χ0v) is 26.1. The molecule has 2 aliphatic rings. The van der Waals surface area contributed by atoms with Crippen LogP contribution in [-0.4, -0.2) is 73.0 Å². The molecule has 234 valence electrons. The quantitative estimate of drug-likeness (QED) is 0.0727. The average molecular weight is 643 g/mol. The highest BCUT2D eigenvalue weighted by molar-refractivity contribution is 8.00. The number of nitrogens with zero attached hydrogens (tertiary/aromatic N) is 4. The number of fused-ring (bicyclic) bond motifs is 1. The van der Waals surface area contributed by atoms with E-state index in [0.717, 1.165) is 29.7 Å². The average Bonchev–Trinajstić information content (AvgIpc) is 3.44. The summed E-state index contributed by atoms with van der Waals surface area (Å²) >= 11 is 2.39. The van der Waals surface area contributed by atoms with Crippen molar-refractivity contribution in [2.75, 3.05) is 11.5 Å². The molecule has 3 atom stereocenters. The number of thiazole rings is 1. The molecule has 1 unspecified atom stereocenters. The Morgan fingerprint density at radius 3 is 2.61 bits per heavy atom. The standard InChI is InChI=1S/C29H34N6O7S2/c1-4-7-18(8-5-2)27(38)41-16(3)42-28(39)23-19(11-10-17-9-6-12-31-13-17)14-43-26-22(25(37)35(23)26)33-24(36)21(34-40)20-15-44-29(30)32-20/h6,9-13,15-16,18,22,26,40H,4-5,7-8,14H2,1-3H3,(H2,30,32)(H,33,36)/b11-10-,34-21?/t16?,22-,26+/m1/s1. The first-order valence-electron chi connectivity index (χ1n) is 14.1.